The monoisotopic (exact) mass is 264 g/mol. The summed E-state index contributed by atoms with van der Waals surface area (Å²) < 4.78 is 5.45. The predicted octanol–water partition coefficient (Wildman–Crippen LogP) is 2.25. The van der Waals surface area contributed by atoms with Crippen molar-refractivity contribution in [2.75, 3.05) is 6.61 Å². The lowest BCUT2D eigenvalue weighted by Gasteiger charge is -2.20. The SMILES string of the molecule is CCOc1cccc([C@@H](C)NC(=O)[C@H](N)C(C)C)c1. The molecule has 0 aromatic heterocycles. The van der Waals surface area contributed by atoms with E-state index in [9.17, 15) is 4.79 Å². The number of hydrogen-bond acceptors (Lipinski definition) is 3. The van der Waals surface area contributed by atoms with Crippen molar-refractivity contribution in [2.24, 2.45) is 11.7 Å². The van der Waals surface area contributed by atoms with Crippen LogP contribution in [0, 0.1) is 5.92 Å². The minimum atomic E-state index is -0.475. The van der Waals surface area contributed by atoms with Crippen molar-refractivity contribution in [3.63, 3.8) is 0 Å². The third-order valence-corrected chi connectivity index (χ3v) is 3.05. The number of benzene rings is 1. The summed E-state index contributed by atoms with van der Waals surface area (Å²) in [5, 5.41) is 2.93. The van der Waals surface area contributed by atoms with Gasteiger partial charge in [0.05, 0.1) is 18.7 Å². The Morgan fingerprint density at radius 2 is 2.05 bits per heavy atom. The smallest absolute Gasteiger partial charge is 0.237 e. The van der Waals surface area contributed by atoms with E-state index in [1.807, 2.05) is 52.0 Å². The number of hydrogen-bond donors (Lipinski definition) is 2. The Balaban J connectivity index is 2.69. The van der Waals surface area contributed by atoms with Gasteiger partial charge >= 0.3 is 0 Å². The van der Waals surface area contributed by atoms with Crippen LogP contribution in [0.4, 0.5) is 0 Å². The quantitative estimate of drug-likeness (QED) is 0.828. The van der Waals surface area contributed by atoms with E-state index in [1.165, 1.54) is 0 Å². The van der Waals surface area contributed by atoms with Crippen molar-refractivity contribution >= 4 is 5.91 Å². The van der Waals surface area contributed by atoms with Crippen molar-refractivity contribution in [3.8, 4) is 5.75 Å². The molecule has 0 saturated carbocycles. The summed E-state index contributed by atoms with van der Waals surface area (Å²) in [7, 11) is 0. The van der Waals surface area contributed by atoms with Gasteiger partial charge in [-0.2, -0.15) is 0 Å². The molecule has 0 fully saturated rings. The summed E-state index contributed by atoms with van der Waals surface area (Å²) in [6.45, 7) is 8.38. The lowest BCUT2D eigenvalue weighted by Crippen LogP contribution is -2.44. The van der Waals surface area contributed by atoms with Gasteiger partial charge in [-0.25, -0.2) is 0 Å². The maximum atomic E-state index is 11.9. The van der Waals surface area contributed by atoms with Crippen molar-refractivity contribution in [2.45, 2.75) is 39.8 Å². The molecule has 0 saturated heterocycles. The highest BCUT2D eigenvalue weighted by Crippen LogP contribution is 2.19. The average molecular weight is 264 g/mol. The van der Waals surface area contributed by atoms with Crippen LogP contribution in [0.25, 0.3) is 0 Å². The zero-order valence-corrected chi connectivity index (χ0v) is 12.1. The Labute approximate surface area is 115 Å². The lowest BCUT2D eigenvalue weighted by atomic mass is 10.0. The molecule has 0 aliphatic rings. The zero-order valence-electron chi connectivity index (χ0n) is 12.1. The third-order valence-electron chi connectivity index (χ3n) is 3.05. The largest absolute Gasteiger partial charge is 0.494 e. The fraction of sp³-hybridized carbons (Fsp3) is 0.533. The topological polar surface area (TPSA) is 64.3 Å². The molecule has 4 nitrogen and oxygen atoms in total. The first-order valence-corrected chi connectivity index (χ1v) is 6.74. The van der Waals surface area contributed by atoms with Crippen LogP contribution < -0.4 is 15.8 Å². The van der Waals surface area contributed by atoms with Gasteiger partial charge in [0.15, 0.2) is 0 Å². The highest BCUT2D eigenvalue weighted by atomic mass is 16.5. The second-order valence-electron chi connectivity index (χ2n) is 5.01. The summed E-state index contributed by atoms with van der Waals surface area (Å²) in [4.78, 5) is 11.9. The second kappa shape index (κ2) is 7.14. The van der Waals surface area contributed by atoms with Crippen LogP contribution in [0.5, 0.6) is 5.75 Å². The Morgan fingerprint density at radius 1 is 1.37 bits per heavy atom. The molecule has 0 heterocycles. The summed E-state index contributed by atoms with van der Waals surface area (Å²) >= 11 is 0. The molecule has 0 spiro atoms. The molecule has 1 aromatic rings. The number of rotatable bonds is 6. The number of amides is 1. The minimum Gasteiger partial charge on any atom is -0.494 e. The van der Waals surface area contributed by atoms with Gasteiger partial charge in [0.25, 0.3) is 0 Å². The molecule has 0 radical (unpaired) electrons. The van der Waals surface area contributed by atoms with E-state index in [4.69, 9.17) is 10.5 Å². The van der Waals surface area contributed by atoms with E-state index in [-0.39, 0.29) is 17.9 Å². The Morgan fingerprint density at radius 3 is 2.63 bits per heavy atom. The van der Waals surface area contributed by atoms with E-state index < -0.39 is 6.04 Å². The molecule has 0 unspecified atom stereocenters. The molecule has 2 atom stereocenters. The van der Waals surface area contributed by atoms with E-state index >= 15 is 0 Å². The normalized spacial score (nSPS) is 14.0. The molecule has 1 amide bonds. The molecule has 19 heavy (non-hydrogen) atoms. The van der Waals surface area contributed by atoms with Crippen LogP contribution >= 0.6 is 0 Å². The summed E-state index contributed by atoms with van der Waals surface area (Å²) in [6, 6.07) is 7.17. The molecule has 106 valence electrons. The number of carbonyl (C=O) groups excluding carboxylic acids is 1. The standard InChI is InChI=1S/C15H24N2O2/c1-5-19-13-8-6-7-12(9-13)11(4)17-15(18)14(16)10(2)3/h6-11,14H,5,16H2,1-4H3,(H,17,18)/t11-,14-/m1/s1. The van der Waals surface area contributed by atoms with Gasteiger partial charge in [-0.05, 0) is 37.5 Å². The molecule has 1 rings (SSSR count). The number of nitrogens with one attached hydrogen (secondary N) is 1. The van der Waals surface area contributed by atoms with Gasteiger partial charge in [0.2, 0.25) is 5.91 Å². The summed E-state index contributed by atoms with van der Waals surface area (Å²) in [5.41, 5.74) is 6.84. The molecule has 4 heteroatoms. The first-order chi connectivity index (χ1) is 8.95. The van der Waals surface area contributed by atoms with Crippen LogP contribution in [0.2, 0.25) is 0 Å². The van der Waals surface area contributed by atoms with Gasteiger partial charge in [-0.15, -0.1) is 0 Å². The summed E-state index contributed by atoms with van der Waals surface area (Å²) in [6.07, 6.45) is 0. The van der Waals surface area contributed by atoms with Crippen molar-refractivity contribution < 1.29 is 9.53 Å². The van der Waals surface area contributed by atoms with E-state index in [0.29, 0.717) is 6.61 Å². The molecule has 1 aromatic carbocycles. The van der Waals surface area contributed by atoms with Crippen LogP contribution in [-0.4, -0.2) is 18.6 Å². The fourth-order valence-electron chi connectivity index (χ4n) is 1.74. The molecule has 0 aliphatic heterocycles. The molecule has 0 bridgehead atoms. The number of carbonyl (C=O) groups is 1. The van der Waals surface area contributed by atoms with Gasteiger partial charge in [-0.1, -0.05) is 26.0 Å². The zero-order chi connectivity index (χ0) is 14.4. The van der Waals surface area contributed by atoms with Gasteiger partial charge < -0.3 is 15.8 Å². The Kier molecular flexibility index (Phi) is 5.83. The fourth-order valence-corrected chi connectivity index (χ4v) is 1.74. The summed E-state index contributed by atoms with van der Waals surface area (Å²) in [5.74, 6) is 0.820. The number of nitrogens with two attached hydrogens (primary N) is 1. The average Bonchev–Trinajstić information content (AvgIpc) is 2.38. The van der Waals surface area contributed by atoms with Crippen molar-refractivity contribution in [1.82, 2.24) is 5.32 Å². The molecule has 0 aliphatic carbocycles. The van der Waals surface area contributed by atoms with E-state index in [1.54, 1.807) is 0 Å². The predicted molar refractivity (Wildman–Crippen MR) is 77.0 cm³/mol. The highest BCUT2D eigenvalue weighted by molar-refractivity contribution is 5.82. The molecule has 3 N–H and O–H groups in total. The van der Waals surface area contributed by atoms with Crippen LogP contribution in [-0.2, 0) is 4.79 Å². The van der Waals surface area contributed by atoms with E-state index in [0.717, 1.165) is 11.3 Å². The molecular formula is C15H24N2O2. The highest BCUT2D eigenvalue weighted by Gasteiger charge is 2.19. The van der Waals surface area contributed by atoms with Crippen molar-refractivity contribution in [3.05, 3.63) is 29.8 Å². The number of ether oxygens (including phenoxy) is 1. The van der Waals surface area contributed by atoms with Crippen LogP contribution in [0.15, 0.2) is 24.3 Å². The van der Waals surface area contributed by atoms with Crippen molar-refractivity contribution in [1.29, 1.82) is 0 Å². The van der Waals surface area contributed by atoms with Crippen LogP contribution in [0.3, 0.4) is 0 Å². The second-order valence-corrected chi connectivity index (χ2v) is 5.01. The van der Waals surface area contributed by atoms with Gasteiger partial charge in [-0.3, -0.25) is 4.79 Å². The first kappa shape index (κ1) is 15.5. The van der Waals surface area contributed by atoms with Gasteiger partial charge in [0.1, 0.15) is 5.75 Å². The third kappa shape index (κ3) is 4.56. The maximum Gasteiger partial charge on any atom is 0.237 e. The molecular weight excluding hydrogens is 240 g/mol. The lowest BCUT2D eigenvalue weighted by molar-refractivity contribution is -0.123. The Bertz CT molecular complexity index is 418. The maximum absolute atomic E-state index is 11.9. The van der Waals surface area contributed by atoms with Crippen LogP contribution in [0.1, 0.15) is 39.3 Å². The minimum absolute atomic E-state index is 0.0855. The van der Waals surface area contributed by atoms with E-state index in [2.05, 4.69) is 5.32 Å². The van der Waals surface area contributed by atoms with Gasteiger partial charge in [0, 0.05) is 0 Å². The Hall–Kier alpha value is -1.55. The first-order valence-electron chi connectivity index (χ1n) is 6.74.